The largest absolute Gasteiger partial charge is 0.488 e. The third-order valence-electron chi connectivity index (χ3n) is 1.67. The van der Waals surface area contributed by atoms with Gasteiger partial charge in [0.1, 0.15) is 11.4 Å². The van der Waals surface area contributed by atoms with Crippen LogP contribution in [0.25, 0.3) is 0 Å². The molecule has 0 aliphatic heterocycles. The Morgan fingerprint density at radius 2 is 2.00 bits per heavy atom. The smallest absolute Gasteiger partial charge is 0.121 e. The van der Waals surface area contributed by atoms with Gasteiger partial charge in [0.25, 0.3) is 0 Å². The van der Waals surface area contributed by atoms with Crippen LogP contribution in [0.5, 0.6) is 5.75 Å². The summed E-state index contributed by atoms with van der Waals surface area (Å²) >= 11 is 6.00. The summed E-state index contributed by atoms with van der Waals surface area (Å²) in [5.74, 6) is 0.778. The predicted molar refractivity (Wildman–Crippen MR) is 59.7 cm³/mol. The van der Waals surface area contributed by atoms with Crippen molar-refractivity contribution in [3.05, 3.63) is 28.8 Å². The zero-order chi connectivity index (χ0) is 10.8. The van der Waals surface area contributed by atoms with Crippen LogP contribution >= 0.6 is 11.6 Å². The van der Waals surface area contributed by atoms with Gasteiger partial charge in [-0.25, -0.2) is 0 Å². The van der Waals surface area contributed by atoms with Crippen LogP contribution in [0.2, 0.25) is 5.02 Å². The third-order valence-corrected chi connectivity index (χ3v) is 2.02. The molecule has 1 aromatic carbocycles. The molecule has 0 heterocycles. The maximum absolute atomic E-state index is 6.00. The van der Waals surface area contributed by atoms with E-state index in [0.29, 0.717) is 11.6 Å². The lowest BCUT2D eigenvalue weighted by Crippen LogP contribution is -2.22. The van der Waals surface area contributed by atoms with E-state index in [-0.39, 0.29) is 5.60 Å². The minimum absolute atomic E-state index is 0.201. The molecule has 0 unspecified atom stereocenters. The molecule has 0 aromatic heterocycles. The molecule has 0 aliphatic rings. The molecule has 0 radical (unpaired) electrons. The fourth-order valence-electron chi connectivity index (χ4n) is 1.11. The monoisotopic (exact) mass is 213 g/mol. The second kappa shape index (κ2) is 4.20. The van der Waals surface area contributed by atoms with Gasteiger partial charge in [-0.1, -0.05) is 17.7 Å². The Morgan fingerprint density at radius 1 is 1.36 bits per heavy atom. The zero-order valence-corrected chi connectivity index (χ0v) is 9.56. The maximum atomic E-state index is 6.00. The van der Waals surface area contributed by atoms with E-state index in [1.54, 1.807) is 6.07 Å². The van der Waals surface area contributed by atoms with Gasteiger partial charge in [-0.2, -0.15) is 0 Å². The minimum atomic E-state index is -0.201. The number of benzene rings is 1. The van der Waals surface area contributed by atoms with Crippen molar-refractivity contribution >= 4 is 11.6 Å². The van der Waals surface area contributed by atoms with E-state index in [4.69, 9.17) is 22.1 Å². The molecule has 0 spiro atoms. The number of rotatable bonds is 2. The van der Waals surface area contributed by atoms with E-state index in [2.05, 4.69) is 0 Å². The molecular weight excluding hydrogens is 198 g/mol. The van der Waals surface area contributed by atoms with Crippen molar-refractivity contribution in [2.45, 2.75) is 32.9 Å². The summed E-state index contributed by atoms with van der Waals surface area (Å²) in [6, 6.07) is 5.58. The average Bonchev–Trinajstić information content (AvgIpc) is 2.01. The average molecular weight is 214 g/mol. The van der Waals surface area contributed by atoms with Crippen LogP contribution in [0.15, 0.2) is 18.2 Å². The maximum Gasteiger partial charge on any atom is 0.121 e. The highest BCUT2D eigenvalue weighted by atomic mass is 35.5. The molecule has 0 bridgehead atoms. The molecule has 1 aromatic rings. The van der Waals surface area contributed by atoms with Gasteiger partial charge in [0.2, 0.25) is 0 Å². The van der Waals surface area contributed by atoms with Crippen molar-refractivity contribution in [1.29, 1.82) is 0 Å². The molecule has 14 heavy (non-hydrogen) atoms. The van der Waals surface area contributed by atoms with Crippen LogP contribution in [0.4, 0.5) is 0 Å². The Hall–Kier alpha value is -0.730. The topological polar surface area (TPSA) is 35.2 Å². The number of nitrogens with two attached hydrogens (primary N) is 1. The number of halogens is 1. The summed E-state index contributed by atoms with van der Waals surface area (Å²) in [5, 5.41) is 0.661. The van der Waals surface area contributed by atoms with E-state index in [0.717, 1.165) is 11.3 Å². The minimum Gasteiger partial charge on any atom is -0.488 e. The highest BCUT2D eigenvalue weighted by Gasteiger charge is 2.12. The van der Waals surface area contributed by atoms with Gasteiger partial charge in [-0.15, -0.1) is 0 Å². The van der Waals surface area contributed by atoms with E-state index in [1.165, 1.54) is 0 Å². The Bertz CT molecular complexity index is 318. The van der Waals surface area contributed by atoms with Crippen molar-refractivity contribution in [3.63, 3.8) is 0 Å². The first-order valence-electron chi connectivity index (χ1n) is 4.60. The fraction of sp³-hybridized carbons (Fsp3) is 0.455. The molecule has 3 heteroatoms. The normalized spacial score (nSPS) is 11.5. The van der Waals surface area contributed by atoms with Crippen LogP contribution in [0.1, 0.15) is 26.3 Å². The summed E-state index contributed by atoms with van der Waals surface area (Å²) in [4.78, 5) is 0. The Kier molecular flexibility index (Phi) is 3.40. The zero-order valence-electron chi connectivity index (χ0n) is 8.80. The van der Waals surface area contributed by atoms with Crippen LogP contribution in [-0.4, -0.2) is 5.60 Å². The van der Waals surface area contributed by atoms with Gasteiger partial charge in [0.15, 0.2) is 0 Å². The molecule has 0 saturated carbocycles. The molecule has 78 valence electrons. The second-order valence-corrected chi connectivity index (χ2v) is 4.58. The Morgan fingerprint density at radius 3 is 2.43 bits per heavy atom. The highest BCUT2D eigenvalue weighted by molar-refractivity contribution is 6.31. The SMILES string of the molecule is CC(C)(C)Oc1ccc(CN)c(Cl)c1. The number of hydrogen-bond donors (Lipinski definition) is 1. The Labute approximate surface area is 90.0 Å². The molecule has 0 amide bonds. The molecule has 0 fully saturated rings. The van der Waals surface area contributed by atoms with Gasteiger partial charge in [0.05, 0.1) is 0 Å². The lowest BCUT2D eigenvalue weighted by Gasteiger charge is -2.21. The summed E-state index contributed by atoms with van der Waals surface area (Å²) in [6.07, 6.45) is 0. The first-order valence-corrected chi connectivity index (χ1v) is 4.98. The molecule has 0 saturated heterocycles. The molecule has 2 nitrogen and oxygen atoms in total. The standard InChI is InChI=1S/C11H16ClNO/c1-11(2,3)14-9-5-4-8(7-13)10(12)6-9/h4-6H,7,13H2,1-3H3. The fourth-order valence-corrected chi connectivity index (χ4v) is 1.36. The van der Waals surface area contributed by atoms with Gasteiger partial charge in [-0.3, -0.25) is 0 Å². The third kappa shape index (κ3) is 3.20. The van der Waals surface area contributed by atoms with E-state index in [9.17, 15) is 0 Å². The summed E-state index contributed by atoms with van der Waals surface area (Å²) in [6.45, 7) is 6.45. The van der Waals surface area contributed by atoms with Gasteiger partial charge in [0, 0.05) is 11.6 Å². The van der Waals surface area contributed by atoms with Crippen molar-refractivity contribution in [2.24, 2.45) is 5.73 Å². The van der Waals surface area contributed by atoms with Crippen molar-refractivity contribution in [3.8, 4) is 5.75 Å². The lowest BCUT2D eigenvalue weighted by atomic mass is 10.1. The number of hydrogen-bond acceptors (Lipinski definition) is 2. The first-order chi connectivity index (χ1) is 6.42. The molecular formula is C11H16ClNO. The van der Waals surface area contributed by atoms with Crippen molar-refractivity contribution in [1.82, 2.24) is 0 Å². The quantitative estimate of drug-likeness (QED) is 0.820. The molecule has 0 aliphatic carbocycles. The number of ether oxygens (including phenoxy) is 1. The molecule has 1 rings (SSSR count). The molecule has 0 atom stereocenters. The van der Waals surface area contributed by atoms with Crippen LogP contribution < -0.4 is 10.5 Å². The van der Waals surface area contributed by atoms with Gasteiger partial charge >= 0.3 is 0 Å². The summed E-state index contributed by atoms with van der Waals surface area (Å²) < 4.78 is 5.66. The second-order valence-electron chi connectivity index (χ2n) is 4.17. The molecule has 2 N–H and O–H groups in total. The van der Waals surface area contributed by atoms with Gasteiger partial charge in [-0.05, 0) is 38.5 Å². The first kappa shape index (κ1) is 11.3. The van der Waals surface area contributed by atoms with Gasteiger partial charge < -0.3 is 10.5 Å². The van der Waals surface area contributed by atoms with Crippen LogP contribution in [0.3, 0.4) is 0 Å². The van der Waals surface area contributed by atoms with Crippen LogP contribution in [0, 0.1) is 0 Å². The van der Waals surface area contributed by atoms with Crippen LogP contribution in [-0.2, 0) is 6.54 Å². The Balaban J connectivity index is 2.87. The van der Waals surface area contributed by atoms with E-state index in [1.807, 2.05) is 32.9 Å². The lowest BCUT2D eigenvalue weighted by molar-refractivity contribution is 0.131. The van der Waals surface area contributed by atoms with Crippen molar-refractivity contribution < 1.29 is 4.74 Å². The summed E-state index contributed by atoms with van der Waals surface area (Å²) in [7, 11) is 0. The van der Waals surface area contributed by atoms with E-state index >= 15 is 0 Å². The predicted octanol–water partition coefficient (Wildman–Crippen LogP) is 2.98. The van der Waals surface area contributed by atoms with E-state index < -0.39 is 0 Å². The summed E-state index contributed by atoms with van der Waals surface area (Å²) in [5.41, 5.74) is 6.24. The van der Waals surface area contributed by atoms with Crippen molar-refractivity contribution in [2.75, 3.05) is 0 Å². The highest BCUT2D eigenvalue weighted by Crippen LogP contribution is 2.24.